The molecule has 1 aromatic rings. The highest BCUT2D eigenvalue weighted by atomic mass is 35.5. The van der Waals surface area contributed by atoms with E-state index >= 15 is 0 Å². The number of anilines is 1. The summed E-state index contributed by atoms with van der Waals surface area (Å²) >= 11 is 5.89. The third-order valence-corrected chi connectivity index (χ3v) is 4.02. The lowest BCUT2D eigenvalue weighted by molar-refractivity contribution is 0.0730. The van der Waals surface area contributed by atoms with Crippen molar-refractivity contribution in [3.05, 3.63) is 22.8 Å². The Labute approximate surface area is 112 Å². The van der Waals surface area contributed by atoms with Gasteiger partial charge in [-0.3, -0.25) is 4.79 Å². The predicted octanol–water partition coefficient (Wildman–Crippen LogP) is 2.41. The first-order valence-electron chi connectivity index (χ1n) is 6.25. The number of carbonyl (C=O) groups excluding carboxylic acids is 1. The number of ketones is 1. The summed E-state index contributed by atoms with van der Waals surface area (Å²) in [5.41, 5.74) is 11.6. The van der Waals surface area contributed by atoms with Gasteiger partial charge in [-0.15, -0.1) is 0 Å². The van der Waals surface area contributed by atoms with Gasteiger partial charge in [-0.2, -0.15) is 0 Å². The quantitative estimate of drug-likeness (QED) is 0.824. The second-order valence-electron chi connectivity index (χ2n) is 4.96. The van der Waals surface area contributed by atoms with E-state index in [1.807, 2.05) is 0 Å². The molecular formula is C13H18ClN3O. The molecule has 1 heterocycles. The average molecular weight is 268 g/mol. The number of Topliss-reactive ketones (excluding diaryl/α,β-unsaturated/α-hetero) is 1. The van der Waals surface area contributed by atoms with E-state index in [9.17, 15) is 4.79 Å². The van der Waals surface area contributed by atoms with E-state index in [1.165, 1.54) is 6.20 Å². The summed E-state index contributed by atoms with van der Waals surface area (Å²) < 4.78 is 0. The van der Waals surface area contributed by atoms with Crippen molar-refractivity contribution in [2.24, 2.45) is 11.1 Å². The molecule has 0 amide bonds. The molecule has 1 aromatic heterocycles. The average Bonchev–Trinajstić information content (AvgIpc) is 2.41. The molecule has 0 aliphatic heterocycles. The van der Waals surface area contributed by atoms with Gasteiger partial charge in [-0.1, -0.05) is 30.9 Å². The van der Waals surface area contributed by atoms with Crippen LogP contribution in [0.2, 0.25) is 5.02 Å². The minimum Gasteiger partial charge on any atom is -0.383 e. The smallest absolute Gasteiger partial charge is 0.174 e. The Morgan fingerprint density at radius 3 is 2.67 bits per heavy atom. The molecule has 5 heteroatoms. The first-order chi connectivity index (χ1) is 8.59. The van der Waals surface area contributed by atoms with Crippen molar-refractivity contribution in [2.75, 3.05) is 12.3 Å². The van der Waals surface area contributed by atoms with Gasteiger partial charge < -0.3 is 11.5 Å². The number of hydrogen-bond acceptors (Lipinski definition) is 4. The third-order valence-electron chi connectivity index (χ3n) is 3.81. The molecule has 18 heavy (non-hydrogen) atoms. The Kier molecular flexibility index (Phi) is 3.88. The largest absolute Gasteiger partial charge is 0.383 e. The van der Waals surface area contributed by atoms with Gasteiger partial charge in [0.1, 0.15) is 5.82 Å². The molecule has 0 saturated heterocycles. The normalized spacial score (nSPS) is 18.6. The summed E-state index contributed by atoms with van der Waals surface area (Å²) in [6.45, 7) is 0.359. The van der Waals surface area contributed by atoms with Crippen molar-refractivity contribution < 1.29 is 4.79 Å². The molecule has 1 fully saturated rings. The molecule has 98 valence electrons. The summed E-state index contributed by atoms with van der Waals surface area (Å²) in [4.78, 5) is 16.6. The number of carbonyl (C=O) groups is 1. The van der Waals surface area contributed by atoms with E-state index in [-0.39, 0.29) is 11.6 Å². The lowest BCUT2D eigenvalue weighted by Crippen LogP contribution is -2.40. The molecule has 1 aliphatic carbocycles. The molecule has 0 atom stereocenters. The molecule has 0 bridgehead atoms. The number of halogens is 1. The maximum absolute atomic E-state index is 12.7. The third kappa shape index (κ3) is 2.35. The molecule has 0 unspecified atom stereocenters. The molecule has 1 saturated carbocycles. The Bertz CT molecular complexity index is 456. The van der Waals surface area contributed by atoms with Gasteiger partial charge in [0.15, 0.2) is 5.78 Å². The van der Waals surface area contributed by atoms with E-state index < -0.39 is 5.41 Å². The molecule has 0 radical (unpaired) electrons. The van der Waals surface area contributed by atoms with E-state index in [2.05, 4.69) is 4.98 Å². The van der Waals surface area contributed by atoms with Crippen molar-refractivity contribution in [3.63, 3.8) is 0 Å². The fourth-order valence-corrected chi connectivity index (χ4v) is 2.83. The van der Waals surface area contributed by atoms with Crippen molar-refractivity contribution in [2.45, 2.75) is 32.1 Å². The highest BCUT2D eigenvalue weighted by Crippen LogP contribution is 2.39. The first kappa shape index (κ1) is 13.3. The van der Waals surface area contributed by atoms with Gasteiger partial charge in [0.2, 0.25) is 0 Å². The van der Waals surface area contributed by atoms with Crippen LogP contribution in [-0.4, -0.2) is 17.3 Å². The first-order valence-corrected chi connectivity index (χ1v) is 6.63. The minimum atomic E-state index is -0.473. The number of nitrogens with two attached hydrogens (primary N) is 2. The lowest BCUT2D eigenvalue weighted by Gasteiger charge is -2.34. The molecule has 0 aromatic carbocycles. The number of nitrogen functional groups attached to an aromatic ring is 1. The van der Waals surface area contributed by atoms with Crippen LogP contribution in [0.5, 0.6) is 0 Å². The lowest BCUT2D eigenvalue weighted by atomic mass is 9.69. The topological polar surface area (TPSA) is 82.0 Å². The number of nitrogens with zero attached hydrogens (tertiary/aromatic N) is 1. The van der Waals surface area contributed by atoms with Crippen molar-refractivity contribution in [1.82, 2.24) is 4.98 Å². The Morgan fingerprint density at radius 1 is 1.39 bits per heavy atom. The number of hydrogen-bond donors (Lipinski definition) is 2. The van der Waals surface area contributed by atoms with Crippen molar-refractivity contribution >= 4 is 23.2 Å². The van der Waals surface area contributed by atoms with Crippen LogP contribution in [0.3, 0.4) is 0 Å². The second-order valence-corrected chi connectivity index (χ2v) is 5.40. The van der Waals surface area contributed by atoms with Crippen molar-refractivity contribution in [1.29, 1.82) is 0 Å². The molecule has 4 N–H and O–H groups in total. The Balaban J connectivity index is 2.36. The van der Waals surface area contributed by atoms with E-state index in [0.29, 0.717) is 17.1 Å². The number of rotatable bonds is 3. The van der Waals surface area contributed by atoms with Crippen LogP contribution in [0.15, 0.2) is 12.3 Å². The summed E-state index contributed by atoms with van der Waals surface area (Å²) in [6, 6.07) is 1.60. The highest BCUT2D eigenvalue weighted by Gasteiger charge is 2.39. The van der Waals surface area contributed by atoms with E-state index in [4.69, 9.17) is 23.1 Å². The predicted molar refractivity (Wildman–Crippen MR) is 72.6 cm³/mol. The fraction of sp³-hybridized carbons (Fsp3) is 0.538. The van der Waals surface area contributed by atoms with Gasteiger partial charge >= 0.3 is 0 Å². The zero-order valence-electron chi connectivity index (χ0n) is 10.3. The van der Waals surface area contributed by atoms with Crippen LogP contribution in [0.4, 0.5) is 5.82 Å². The van der Waals surface area contributed by atoms with Crippen molar-refractivity contribution in [3.8, 4) is 0 Å². The fourth-order valence-electron chi connectivity index (χ4n) is 2.67. The van der Waals surface area contributed by atoms with Gasteiger partial charge in [0.05, 0.1) is 10.6 Å². The molecule has 4 nitrogen and oxygen atoms in total. The van der Waals surface area contributed by atoms with Gasteiger partial charge in [-0.05, 0) is 18.9 Å². The van der Waals surface area contributed by atoms with Crippen LogP contribution >= 0.6 is 11.6 Å². The summed E-state index contributed by atoms with van der Waals surface area (Å²) in [7, 11) is 0. The number of aromatic nitrogens is 1. The molecule has 0 spiro atoms. The van der Waals surface area contributed by atoms with E-state index in [0.717, 1.165) is 32.1 Å². The maximum atomic E-state index is 12.7. The number of pyridine rings is 1. The summed E-state index contributed by atoms with van der Waals surface area (Å²) in [6.07, 6.45) is 6.35. The zero-order chi connectivity index (χ0) is 13.2. The summed E-state index contributed by atoms with van der Waals surface area (Å²) in [5, 5.41) is 0.426. The van der Waals surface area contributed by atoms with Crippen LogP contribution < -0.4 is 11.5 Å². The monoisotopic (exact) mass is 267 g/mol. The van der Waals surface area contributed by atoms with Crippen LogP contribution in [0.25, 0.3) is 0 Å². The van der Waals surface area contributed by atoms with Gasteiger partial charge in [-0.25, -0.2) is 4.98 Å². The summed E-state index contributed by atoms with van der Waals surface area (Å²) in [5.74, 6) is 0.236. The standard InChI is InChI=1S/C13H18ClN3O/c14-9-6-10(12(16)17-7-9)11(18)13(8-15)4-2-1-3-5-13/h6-7H,1-5,8,15H2,(H2,16,17). The SMILES string of the molecule is NCC1(C(=O)c2cc(Cl)cnc2N)CCCCC1. The van der Waals surface area contributed by atoms with Crippen LogP contribution in [0.1, 0.15) is 42.5 Å². The van der Waals surface area contributed by atoms with Crippen LogP contribution in [0, 0.1) is 5.41 Å². The van der Waals surface area contributed by atoms with Gasteiger partial charge in [0, 0.05) is 18.2 Å². The maximum Gasteiger partial charge on any atom is 0.174 e. The Morgan fingerprint density at radius 2 is 2.06 bits per heavy atom. The minimum absolute atomic E-state index is 0.00259. The Hall–Kier alpha value is -1.13. The molecule has 1 aliphatic rings. The molecular weight excluding hydrogens is 250 g/mol. The molecule has 2 rings (SSSR count). The highest BCUT2D eigenvalue weighted by molar-refractivity contribution is 6.31. The van der Waals surface area contributed by atoms with Gasteiger partial charge in [0.25, 0.3) is 0 Å². The van der Waals surface area contributed by atoms with Crippen LogP contribution in [-0.2, 0) is 0 Å². The zero-order valence-corrected chi connectivity index (χ0v) is 11.0. The van der Waals surface area contributed by atoms with E-state index in [1.54, 1.807) is 6.07 Å². The second kappa shape index (κ2) is 5.24.